The minimum Gasteiger partial charge on any atom is -0.316 e. The summed E-state index contributed by atoms with van der Waals surface area (Å²) >= 11 is 3.72. The first-order valence-electron chi connectivity index (χ1n) is 6.92. The van der Waals surface area contributed by atoms with E-state index in [-0.39, 0.29) is 0 Å². The molecule has 2 aromatic heterocycles. The molecule has 1 aliphatic carbocycles. The Morgan fingerprint density at radius 3 is 3.11 bits per heavy atom. The topological polar surface area (TPSA) is 24.9 Å². The zero-order valence-corrected chi connectivity index (χ0v) is 13.1. The van der Waals surface area contributed by atoms with Crippen LogP contribution >= 0.6 is 22.7 Å². The highest BCUT2D eigenvalue weighted by molar-refractivity contribution is 7.10. The Bertz CT molecular complexity index is 544. The molecule has 1 N–H and O–H groups in total. The van der Waals surface area contributed by atoms with Crippen LogP contribution in [-0.2, 0) is 12.8 Å². The van der Waals surface area contributed by atoms with Crippen LogP contribution in [0.2, 0.25) is 0 Å². The monoisotopic (exact) mass is 292 g/mol. The number of rotatable bonds is 4. The van der Waals surface area contributed by atoms with E-state index in [4.69, 9.17) is 0 Å². The molecule has 19 heavy (non-hydrogen) atoms. The minimum absolute atomic E-state index is 0.513. The summed E-state index contributed by atoms with van der Waals surface area (Å²) in [5.74, 6) is 0.657. The molecule has 4 heteroatoms. The Hall–Kier alpha value is -0.710. The Morgan fingerprint density at radius 2 is 2.37 bits per heavy atom. The Morgan fingerprint density at radius 1 is 1.47 bits per heavy atom. The summed E-state index contributed by atoms with van der Waals surface area (Å²) < 4.78 is 0. The van der Waals surface area contributed by atoms with E-state index < -0.39 is 0 Å². The van der Waals surface area contributed by atoms with Crippen molar-refractivity contribution in [1.82, 2.24) is 10.3 Å². The fourth-order valence-corrected chi connectivity index (χ4v) is 4.90. The second-order valence-corrected chi connectivity index (χ2v) is 7.22. The molecule has 1 aliphatic rings. The fraction of sp³-hybridized carbons (Fsp3) is 0.533. The zero-order valence-electron chi connectivity index (χ0n) is 11.5. The van der Waals surface area contributed by atoms with Gasteiger partial charge in [0.1, 0.15) is 0 Å². The molecule has 0 fully saturated rings. The number of fused-ring (bicyclic) bond motifs is 1. The molecule has 0 saturated carbocycles. The van der Waals surface area contributed by atoms with Crippen LogP contribution in [0.5, 0.6) is 0 Å². The lowest BCUT2D eigenvalue weighted by Gasteiger charge is -2.30. The van der Waals surface area contributed by atoms with Gasteiger partial charge < -0.3 is 5.32 Å². The van der Waals surface area contributed by atoms with Gasteiger partial charge in [0.15, 0.2) is 0 Å². The second kappa shape index (κ2) is 5.73. The van der Waals surface area contributed by atoms with E-state index in [2.05, 4.69) is 41.1 Å². The predicted molar refractivity (Wildman–Crippen MR) is 83.4 cm³/mol. The van der Waals surface area contributed by atoms with Gasteiger partial charge in [-0.1, -0.05) is 0 Å². The third-order valence-corrected chi connectivity index (χ3v) is 6.00. The summed E-state index contributed by atoms with van der Waals surface area (Å²) in [6.45, 7) is 2.08. The maximum Gasteiger partial charge on any atom is 0.0943 e. The normalized spacial score (nSPS) is 20.2. The van der Waals surface area contributed by atoms with Gasteiger partial charge in [0.2, 0.25) is 0 Å². The van der Waals surface area contributed by atoms with Gasteiger partial charge in [-0.2, -0.15) is 0 Å². The van der Waals surface area contributed by atoms with Crippen LogP contribution in [0.1, 0.15) is 39.9 Å². The van der Waals surface area contributed by atoms with Gasteiger partial charge in [0.25, 0.3) is 0 Å². The van der Waals surface area contributed by atoms with Crippen molar-refractivity contribution in [3.8, 4) is 0 Å². The van der Waals surface area contributed by atoms with E-state index in [1.54, 1.807) is 21.8 Å². The number of hydrogen-bond acceptors (Lipinski definition) is 4. The average molecular weight is 292 g/mol. The number of likely N-dealkylation sites (N-methyl/N-ethyl adjacent to an activating group) is 1. The van der Waals surface area contributed by atoms with Crippen molar-refractivity contribution < 1.29 is 0 Å². The Balaban J connectivity index is 1.80. The van der Waals surface area contributed by atoms with Crippen LogP contribution in [0.4, 0.5) is 0 Å². The van der Waals surface area contributed by atoms with E-state index in [1.165, 1.54) is 24.3 Å². The maximum absolute atomic E-state index is 4.62. The fourth-order valence-electron chi connectivity index (χ4n) is 3.07. The molecule has 2 aromatic rings. The van der Waals surface area contributed by atoms with Crippen molar-refractivity contribution >= 4 is 22.7 Å². The third kappa shape index (κ3) is 2.76. The van der Waals surface area contributed by atoms with Gasteiger partial charge in [0.05, 0.1) is 5.01 Å². The van der Waals surface area contributed by atoms with E-state index in [0.29, 0.717) is 12.0 Å². The summed E-state index contributed by atoms with van der Waals surface area (Å²) in [4.78, 5) is 6.22. The number of thiophene rings is 1. The number of nitrogens with zero attached hydrogens (tertiary/aromatic N) is 1. The molecule has 3 rings (SSSR count). The van der Waals surface area contributed by atoms with Crippen molar-refractivity contribution in [2.75, 3.05) is 7.05 Å². The molecule has 0 spiro atoms. The number of thiazole rings is 1. The minimum atomic E-state index is 0.513. The van der Waals surface area contributed by atoms with Crippen LogP contribution in [0.15, 0.2) is 16.8 Å². The number of aryl methyl sites for hydroxylation is 2. The zero-order chi connectivity index (χ0) is 13.2. The molecule has 2 unspecified atom stereocenters. The molecule has 2 nitrogen and oxygen atoms in total. The van der Waals surface area contributed by atoms with Crippen molar-refractivity contribution in [2.24, 2.45) is 0 Å². The molecule has 0 amide bonds. The summed E-state index contributed by atoms with van der Waals surface area (Å²) in [6.07, 6.45) is 4.96. The van der Waals surface area contributed by atoms with Crippen LogP contribution < -0.4 is 5.32 Å². The largest absolute Gasteiger partial charge is 0.316 e. The smallest absolute Gasteiger partial charge is 0.0943 e. The van der Waals surface area contributed by atoms with Crippen LogP contribution in [-0.4, -0.2) is 18.1 Å². The van der Waals surface area contributed by atoms with Crippen molar-refractivity contribution in [1.29, 1.82) is 0 Å². The van der Waals surface area contributed by atoms with Crippen molar-refractivity contribution in [3.63, 3.8) is 0 Å². The molecule has 0 saturated heterocycles. The van der Waals surface area contributed by atoms with E-state index in [9.17, 15) is 0 Å². The van der Waals surface area contributed by atoms with Gasteiger partial charge >= 0.3 is 0 Å². The first-order valence-corrected chi connectivity index (χ1v) is 8.68. The number of hydrogen-bond donors (Lipinski definition) is 1. The Labute approximate surface area is 122 Å². The first-order chi connectivity index (χ1) is 9.28. The van der Waals surface area contributed by atoms with Crippen LogP contribution in [0, 0.1) is 6.92 Å². The highest BCUT2D eigenvalue weighted by atomic mass is 32.1. The first kappa shape index (κ1) is 13.3. The van der Waals surface area contributed by atoms with Gasteiger partial charge in [-0.25, -0.2) is 4.98 Å². The van der Waals surface area contributed by atoms with Gasteiger partial charge in [0, 0.05) is 34.3 Å². The molecule has 0 aliphatic heterocycles. The molecule has 2 heterocycles. The van der Waals surface area contributed by atoms with Crippen LogP contribution in [0.3, 0.4) is 0 Å². The van der Waals surface area contributed by atoms with E-state index in [0.717, 1.165) is 12.1 Å². The SMILES string of the molecule is CNC(Cc1nc(C)cs1)C1CCCc2sccc21. The third-order valence-electron chi connectivity index (χ3n) is 4.02. The lowest BCUT2D eigenvalue weighted by atomic mass is 9.81. The molecule has 0 radical (unpaired) electrons. The molecule has 2 atom stereocenters. The molecular weight excluding hydrogens is 272 g/mol. The standard InChI is InChI=1S/C15H20N2S2/c1-10-9-19-15(17-10)8-13(16-2)11-4-3-5-14-12(11)6-7-18-14/h6-7,9,11,13,16H,3-5,8H2,1-2H3. The second-order valence-electron chi connectivity index (χ2n) is 5.28. The van der Waals surface area contributed by atoms with Gasteiger partial charge in [-0.15, -0.1) is 22.7 Å². The van der Waals surface area contributed by atoms with Crippen molar-refractivity contribution in [2.45, 2.75) is 44.6 Å². The quantitative estimate of drug-likeness (QED) is 0.928. The highest BCUT2D eigenvalue weighted by Crippen LogP contribution is 2.37. The van der Waals surface area contributed by atoms with E-state index >= 15 is 0 Å². The molecule has 0 aromatic carbocycles. The van der Waals surface area contributed by atoms with Gasteiger partial charge in [-0.3, -0.25) is 0 Å². The Kier molecular flexibility index (Phi) is 4.01. The summed E-state index contributed by atoms with van der Waals surface area (Å²) in [5.41, 5.74) is 2.73. The van der Waals surface area contributed by atoms with Crippen molar-refractivity contribution in [3.05, 3.63) is 38.0 Å². The predicted octanol–water partition coefficient (Wildman–Crippen LogP) is 3.76. The number of nitrogens with one attached hydrogen (secondary N) is 1. The summed E-state index contributed by atoms with van der Waals surface area (Å²) in [5, 5.41) is 9.20. The van der Waals surface area contributed by atoms with Crippen LogP contribution in [0.25, 0.3) is 0 Å². The summed E-state index contributed by atoms with van der Waals surface area (Å²) in [7, 11) is 2.09. The maximum atomic E-state index is 4.62. The molecule has 102 valence electrons. The number of aromatic nitrogens is 1. The summed E-state index contributed by atoms with van der Waals surface area (Å²) in [6, 6.07) is 2.85. The lowest BCUT2D eigenvalue weighted by molar-refractivity contribution is 0.413. The van der Waals surface area contributed by atoms with E-state index in [1.807, 2.05) is 11.3 Å². The highest BCUT2D eigenvalue weighted by Gasteiger charge is 2.28. The molecule has 0 bridgehead atoms. The molecular formula is C15H20N2S2. The average Bonchev–Trinajstić information content (AvgIpc) is 3.04. The van der Waals surface area contributed by atoms with Gasteiger partial charge in [-0.05, 0) is 50.2 Å². The lowest BCUT2D eigenvalue weighted by Crippen LogP contribution is -2.35.